The molecule has 78 valence electrons. The summed E-state index contributed by atoms with van der Waals surface area (Å²) in [6, 6.07) is 7.59. The molecule has 0 aromatic heterocycles. The van der Waals surface area contributed by atoms with Crippen molar-refractivity contribution in [3.8, 4) is 0 Å². The Morgan fingerprint density at radius 3 is 2.47 bits per heavy atom. The molecule has 0 radical (unpaired) electrons. The van der Waals surface area contributed by atoms with Crippen LogP contribution >= 0.6 is 27.7 Å². The van der Waals surface area contributed by atoms with Crippen molar-refractivity contribution in [1.29, 1.82) is 0 Å². The largest absolute Gasteiger partial charge is 0.289 e. The molecule has 3 nitrogen and oxygen atoms in total. The molecule has 1 heterocycles. The topological polar surface area (TPSA) is 37.4 Å². The molecule has 0 aliphatic carbocycles. The molecule has 1 aromatic carbocycles. The van der Waals surface area contributed by atoms with Gasteiger partial charge in [0, 0.05) is 4.47 Å². The van der Waals surface area contributed by atoms with E-state index in [1.165, 1.54) is 4.90 Å². The van der Waals surface area contributed by atoms with Crippen LogP contribution in [0, 0.1) is 0 Å². The molecule has 2 rings (SSSR count). The van der Waals surface area contributed by atoms with Gasteiger partial charge in [0.05, 0.1) is 12.3 Å². The maximum absolute atomic E-state index is 11.3. The van der Waals surface area contributed by atoms with Crippen molar-refractivity contribution in [1.82, 2.24) is 4.90 Å². The van der Waals surface area contributed by atoms with Crippen LogP contribution in [0.3, 0.4) is 0 Å². The van der Waals surface area contributed by atoms with Crippen LogP contribution in [0.5, 0.6) is 0 Å². The number of halogens is 1. The highest BCUT2D eigenvalue weighted by Crippen LogP contribution is 2.21. The number of amides is 2. The van der Waals surface area contributed by atoms with Crippen LogP contribution in [0.4, 0.5) is 4.79 Å². The van der Waals surface area contributed by atoms with Crippen molar-refractivity contribution in [3.05, 3.63) is 34.3 Å². The van der Waals surface area contributed by atoms with Crippen molar-refractivity contribution in [3.63, 3.8) is 0 Å². The highest BCUT2D eigenvalue weighted by Gasteiger charge is 2.29. The summed E-state index contributed by atoms with van der Waals surface area (Å²) < 4.78 is 0.986. The Balaban J connectivity index is 2.11. The molecule has 1 fully saturated rings. The summed E-state index contributed by atoms with van der Waals surface area (Å²) in [5.41, 5.74) is 0.961. The predicted molar refractivity (Wildman–Crippen MR) is 62.5 cm³/mol. The van der Waals surface area contributed by atoms with Crippen LogP contribution in [-0.4, -0.2) is 21.8 Å². The normalized spacial score (nSPS) is 16.2. The van der Waals surface area contributed by atoms with Crippen molar-refractivity contribution in [2.24, 2.45) is 0 Å². The highest BCUT2D eigenvalue weighted by molar-refractivity contribution is 9.10. The first-order valence-electron chi connectivity index (χ1n) is 4.38. The number of carbonyl (C=O) groups is 2. The van der Waals surface area contributed by atoms with Gasteiger partial charge in [-0.2, -0.15) is 0 Å². The van der Waals surface area contributed by atoms with Gasteiger partial charge in [-0.3, -0.25) is 14.5 Å². The average molecular weight is 286 g/mol. The van der Waals surface area contributed by atoms with E-state index in [4.69, 9.17) is 0 Å². The van der Waals surface area contributed by atoms with Gasteiger partial charge in [0.25, 0.3) is 5.24 Å². The second kappa shape index (κ2) is 4.37. The first-order valence-corrected chi connectivity index (χ1v) is 6.16. The van der Waals surface area contributed by atoms with E-state index in [0.717, 1.165) is 21.8 Å². The quantitative estimate of drug-likeness (QED) is 0.838. The summed E-state index contributed by atoms with van der Waals surface area (Å²) in [6.07, 6.45) is 0. The molecule has 0 N–H and O–H groups in total. The van der Waals surface area contributed by atoms with E-state index in [1.54, 1.807) is 0 Å². The van der Waals surface area contributed by atoms with E-state index < -0.39 is 0 Å². The lowest BCUT2D eigenvalue weighted by Gasteiger charge is -2.12. The van der Waals surface area contributed by atoms with Crippen LogP contribution in [0.2, 0.25) is 0 Å². The third-order valence-electron chi connectivity index (χ3n) is 2.09. The summed E-state index contributed by atoms with van der Waals surface area (Å²) >= 11 is 4.39. The van der Waals surface area contributed by atoms with E-state index in [-0.39, 0.29) is 16.9 Å². The Bertz CT molecular complexity index is 388. The molecule has 2 amide bonds. The van der Waals surface area contributed by atoms with Gasteiger partial charge in [-0.25, -0.2) is 0 Å². The molecule has 1 aliphatic rings. The SMILES string of the molecule is O=C1CSC(=O)N1Cc1ccc(Br)cc1. The summed E-state index contributed by atoms with van der Waals surface area (Å²) in [5, 5.41) is -0.150. The van der Waals surface area contributed by atoms with E-state index in [0.29, 0.717) is 6.54 Å². The number of carbonyl (C=O) groups excluding carboxylic acids is 2. The number of hydrogen-bond acceptors (Lipinski definition) is 3. The van der Waals surface area contributed by atoms with Crippen LogP contribution in [0.15, 0.2) is 28.7 Å². The second-order valence-corrected chi connectivity index (χ2v) is 5.00. The summed E-state index contributed by atoms with van der Waals surface area (Å²) in [5.74, 6) is 0.169. The lowest BCUT2D eigenvalue weighted by molar-refractivity contribution is -0.125. The summed E-state index contributed by atoms with van der Waals surface area (Å²) in [6.45, 7) is 0.373. The van der Waals surface area contributed by atoms with Gasteiger partial charge in [-0.05, 0) is 17.7 Å². The van der Waals surface area contributed by atoms with Gasteiger partial charge < -0.3 is 0 Å². The Kier molecular flexibility index (Phi) is 3.11. The van der Waals surface area contributed by atoms with E-state index >= 15 is 0 Å². The second-order valence-electron chi connectivity index (χ2n) is 3.16. The van der Waals surface area contributed by atoms with Gasteiger partial charge in [0.1, 0.15) is 0 Å². The Hall–Kier alpha value is -0.810. The number of thioether (sulfide) groups is 1. The Morgan fingerprint density at radius 2 is 1.93 bits per heavy atom. The van der Waals surface area contributed by atoms with E-state index in [2.05, 4.69) is 15.9 Å². The Morgan fingerprint density at radius 1 is 1.27 bits per heavy atom. The third-order valence-corrected chi connectivity index (χ3v) is 3.48. The fourth-order valence-corrected chi connectivity index (χ4v) is 2.30. The van der Waals surface area contributed by atoms with Gasteiger partial charge in [-0.15, -0.1) is 0 Å². The predicted octanol–water partition coefficient (Wildman–Crippen LogP) is 2.64. The van der Waals surface area contributed by atoms with Gasteiger partial charge >= 0.3 is 0 Å². The minimum absolute atomic E-state index is 0.104. The van der Waals surface area contributed by atoms with E-state index in [9.17, 15) is 9.59 Å². The number of hydrogen-bond donors (Lipinski definition) is 0. The molecule has 1 saturated heterocycles. The maximum atomic E-state index is 11.3. The Labute approximate surface area is 100.0 Å². The zero-order valence-electron chi connectivity index (χ0n) is 7.77. The lowest BCUT2D eigenvalue weighted by atomic mass is 10.2. The fourth-order valence-electron chi connectivity index (χ4n) is 1.31. The lowest BCUT2D eigenvalue weighted by Crippen LogP contribution is -2.27. The van der Waals surface area contributed by atoms with Gasteiger partial charge in [0.15, 0.2) is 0 Å². The smallest absolute Gasteiger partial charge is 0.273 e. The molecular formula is C10H8BrNO2S. The molecule has 0 spiro atoms. The van der Waals surface area contributed by atoms with Gasteiger partial charge in [0.2, 0.25) is 5.91 Å². The zero-order chi connectivity index (χ0) is 10.8. The monoisotopic (exact) mass is 285 g/mol. The number of benzene rings is 1. The molecule has 1 aromatic rings. The minimum Gasteiger partial charge on any atom is -0.273 e. The van der Waals surface area contributed by atoms with Crippen LogP contribution < -0.4 is 0 Å². The summed E-state index contributed by atoms with van der Waals surface area (Å²) in [7, 11) is 0. The van der Waals surface area contributed by atoms with Crippen LogP contribution in [0.1, 0.15) is 5.56 Å². The van der Waals surface area contributed by atoms with Gasteiger partial charge in [-0.1, -0.05) is 39.8 Å². The molecule has 0 saturated carbocycles. The standard InChI is InChI=1S/C10H8BrNO2S/c11-8-3-1-7(2-4-8)5-12-9(13)6-15-10(12)14/h1-4H,5-6H2. The summed E-state index contributed by atoms with van der Waals surface area (Å²) in [4.78, 5) is 23.9. The van der Waals surface area contributed by atoms with Crippen LogP contribution in [0.25, 0.3) is 0 Å². The van der Waals surface area contributed by atoms with Crippen molar-refractivity contribution in [2.45, 2.75) is 6.54 Å². The number of rotatable bonds is 2. The number of nitrogens with zero attached hydrogens (tertiary/aromatic N) is 1. The van der Waals surface area contributed by atoms with Crippen LogP contribution in [-0.2, 0) is 11.3 Å². The molecule has 1 aliphatic heterocycles. The molecular weight excluding hydrogens is 278 g/mol. The maximum Gasteiger partial charge on any atom is 0.289 e. The third kappa shape index (κ3) is 2.41. The van der Waals surface area contributed by atoms with Crippen molar-refractivity contribution < 1.29 is 9.59 Å². The molecule has 0 bridgehead atoms. The average Bonchev–Trinajstić information content (AvgIpc) is 2.53. The fraction of sp³-hybridized carbons (Fsp3) is 0.200. The molecule has 0 unspecified atom stereocenters. The van der Waals surface area contributed by atoms with E-state index in [1.807, 2.05) is 24.3 Å². The first kappa shape index (κ1) is 10.7. The van der Waals surface area contributed by atoms with Crippen molar-refractivity contribution >= 4 is 38.8 Å². The zero-order valence-corrected chi connectivity index (χ0v) is 10.2. The first-order chi connectivity index (χ1) is 7.16. The van der Waals surface area contributed by atoms with Crippen molar-refractivity contribution in [2.75, 3.05) is 5.75 Å². The highest BCUT2D eigenvalue weighted by atomic mass is 79.9. The molecule has 5 heteroatoms. The molecule has 0 atom stereocenters. The number of imide groups is 1. The minimum atomic E-state index is -0.150. The molecule has 15 heavy (non-hydrogen) atoms.